The van der Waals surface area contributed by atoms with Crippen LogP contribution in [-0.2, 0) is 12.8 Å². The van der Waals surface area contributed by atoms with Gasteiger partial charge in [0.15, 0.2) is 0 Å². The number of aromatic nitrogens is 3. The Bertz CT molecular complexity index is 433. The summed E-state index contributed by atoms with van der Waals surface area (Å²) >= 11 is 0. The number of aryl methyl sites for hydroxylation is 1. The van der Waals surface area contributed by atoms with Crippen molar-refractivity contribution in [3.63, 3.8) is 0 Å². The van der Waals surface area contributed by atoms with Gasteiger partial charge in [0.2, 0.25) is 0 Å². The number of nitrogens with zero attached hydrogens (tertiary/aromatic N) is 3. The van der Waals surface area contributed by atoms with Crippen molar-refractivity contribution < 1.29 is 0 Å². The predicted octanol–water partition coefficient (Wildman–Crippen LogP) is 0.793. The SMILES string of the molecule is CCc1cc2nc(CCN)cn2cn1. The summed E-state index contributed by atoms with van der Waals surface area (Å²) in [5, 5.41) is 0. The monoisotopic (exact) mass is 190 g/mol. The standard InChI is InChI=1S/C10H14N4/c1-2-8-5-10-13-9(3-4-11)6-14(10)7-12-8/h5-7H,2-4,11H2,1H3. The van der Waals surface area contributed by atoms with Gasteiger partial charge in [-0.25, -0.2) is 9.97 Å². The van der Waals surface area contributed by atoms with Gasteiger partial charge in [-0.05, 0) is 13.0 Å². The molecule has 2 aromatic rings. The molecule has 4 heteroatoms. The summed E-state index contributed by atoms with van der Waals surface area (Å²) in [4.78, 5) is 8.74. The highest BCUT2D eigenvalue weighted by Crippen LogP contribution is 2.06. The third-order valence-corrected chi connectivity index (χ3v) is 2.22. The molecule has 0 unspecified atom stereocenters. The molecule has 0 aliphatic carbocycles. The highest BCUT2D eigenvalue weighted by atomic mass is 15.0. The van der Waals surface area contributed by atoms with Crippen LogP contribution >= 0.6 is 0 Å². The molecule has 0 fully saturated rings. The molecule has 0 radical (unpaired) electrons. The number of hydrogen-bond donors (Lipinski definition) is 1. The van der Waals surface area contributed by atoms with Gasteiger partial charge in [0.1, 0.15) is 12.0 Å². The van der Waals surface area contributed by atoms with E-state index in [4.69, 9.17) is 5.73 Å². The van der Waals surface area contributed by atoms with Crippen molar-refractivity contribution >= 4 is 5.65 Å². The van der Waals surface area contributed by atoms with Crippen LogP contribution in [0.3, 0.4) is 0 Å². The summed E-state index contributed by atoms with van der Waals surface area (Å²) < 4.78 is 1.93. The fourth-order valence-electron chi connectivity index (χ4n) is 1.44. The molecule has 0 atom stereocenters. The van der Waals surface area contributed by atoms with Crippen molar-refractivity contribution in [2.45, 2.75) is 19.8 Å². The van der Waals surface area contributed by atoms with Crippen LogP contribution in [0.15, 0.2) is 18.6 Å². The molecular formula is C10H14N4. The molecule has 0 amide bonds. The van der Waals surface area contributed by atoms with Crippen LogP contribution in [0.4, 0.5) is 0 Å². The number of nitrogens with two attached hydrogens (primary N) is 1. The first-order valence-corrected chi connectivity index (χ1v) is 4.86. The maximum atomic E-state index is 5.47. The van der Waals surface area contributed by atoms with Gasteiger partial charge in [-0.1, -0.05) is 6.92 Å². The lowest BCUT2D eigenvalue weighted by molar-refractivity contribution is 0.936. The Kier molecular flexibility index (Phi) is 2.45. The van der Waals surface area contributed by atoms with Gasteiger partial charge in [-0.2, -0.15) is 0 Å². The molecule has 0 saturated carbocycles. The molecule has 0 saturated heterocycles. The van der Waals surface area contributed by atoms with E-state index in [-0.39, 0.29) is 0 Å². The lowest BCUT2D eigenvalue weighted by Gasteiger charge is -1.95. The van der Waals surface area contributed by atoms with E-state index in [1.165, 1.54) is 0 Å². The highest BCUT2D eigenvalue weighted by molar-refractivity contribution is 5.40. The third-order valence-electron chi connectivity index (χ3n) is 2.22. The van der Waals surface area contributed by atoms with Crippen molar-refractivity contribution in [2.24, 2.45) is 5.73 Å². The second-order valence-corrected chi connectivity index (χ2v) is 3.27. The summed E-state index contributed by atoms with van der Waals surface area (Å²) in [5.41, 5.74) is 8.53. The zero-order valence-electron chi connectivity index (χ0n) is 8.27. The van der Waals surface area contributed by atoms with Gasteiger partial charge in [-0.15, -0.1) is 0 Å². The molecule has 74 valence electrons. The molecule has 0 aromatic carbocycles. The quantitative estimate of drug-likeness (QED) is 0.778. The Balaban J connectivity index is 2.43. The van der Waals surface area contributed by atoms with E-state index < -0.39 is 0 Å². The maximum absolute atomic E-state index is 5.47. The van der Waals surface area contributed by atoms with E-state index in [1.807, 2.05) is 16.7 Å². The van der Waals surface area contributed by atoms with Gasteiger partial charge in [-0.3, -0.25) is 4.40 Å². The molecule has 4 nitrogen and oxygen atoms in total. The van der Waals surface area contributed by atoms with Gasteiger partial charge in [0.25, 0.3) is 0 Å². The Hall–Kier alpha value is -1.42. The molecular weight excluding hydrogens is 176 g/mol. The predicted molar refractivity (Wildman–Crippen MR) is 55.1 cm³/mol. The minimum atomic E-state index is 0.637. The van der Waals surface area contributed by atoms with Gasteiger partial charge >= 0.3 is 0 Å². The van der Waals surface area contributed by atoms with Crippen LogP contribution in [0.25, 0.3) is 5.65 Å². The van der Waals surface area contributed by atoms with E-state index in [2.05, 4.69) is 16.9 Å². The van der Waals surface area contributed by atoms with Crippen LogP contribution in [-0.4, -0.2) is 20.9 Å². The van der Waals surface area contributed by atoms with Crippen molar-refractivity contribution in [1.29, 1.82) is 0 Å². The first-order valence-electron chi connectivity index (χ1n) is 4.86. The summed E-state index contributed by atoms with van der Waals surface area (Å²) in [6.45, 7) is 2.72. The van der Waals surface area contributed by atoms with E-state index in [9.17, 15) is 0 Å². The fourth-order valence-corrected chi connectivity index (χ4v) is 1.44. The second kappa shape index (κ2) is 3.75. The van der Waals surface area contributed by atoms with Gasteiger partial charge < -0.3 is 5.73 Å². The zero-order valence-corrected chi connectivity index (χ0v) is 8.27. The van der Waals surface area contributed by atoms with Crippen molar-refractivity contribution in [1.82, 2.24) is 14.4 Å². The van der Waals surface area contributed by atoms with Gasteiger partial charge in [0, 0.05) is 24.4 Å². The van der Waals surface area contributed by atoms with Crippen molar-refractivity contribution in [3.05, 3.63) is 30.0 Å². The molecule has 2 rings (SSSR count). The highest BCUT2D eigenvalue weighted by Gasteiger charge is 2.01. The Morgan fingerprint density at radius 2 is 2.29 bits per heavy atom. The van der Waals surface area contributed by atoms with Crippen LogP contribution in [0.1, 0.15) is 18.3 Å². The number of rotatable bonds is 3. The van der Waals surface area contributed by atoms with Gasteiger partial charge in [0.05, 0.1) is 5.69 Å². The lowest BCUT2D eigenvalue weighted by Crippen LogP contribution is -2.02. The summed E-state index contributed by atoms with van der Waals surface area (Å²) in [6.07, 6.45) is 5.55. The summed E-state index contributed by atoms with van der Waals surface area (Å²) in [5.74, 6) is 0. The van der Waals surface area contributed by atoms with Crippen LogP contribution in [0.2, 0.25) is 0 Å². The van der Waals surface area contributed by atoms with Crippen LogP contribution < -0.4 is 5.73 Å². The average molecular weight is 190 g/mol. The number of hydrogen-bond acceptors (Lipinski definition) is 3. The molecule has 2 aromatic heterocycles. The third kappa shape index (κ3) is 1.61. The van der Waals surface area contributed by atoms with E-state index in [0.717, 1.165) is 29.9 Å². The second-order valence-electron chi connectivity index (χ2n) is 3.27. The van der Waals surface area contributed by atoms with Crippen LogP contribution in [0, 0.1) is 0 Å². The van der Waals surface area contributed by atoms with Crippen molar-refractivity contribution in [3.8, 4) is 0 Å². The summed E-state index contributed by atoms with van der Waals surface area (Å²) in [6, 6.07) is 2.01. The molecule has 2 N–H and O–H groups in total. The first-order chi connectivity index (χ1) is 6.83. The topological polar surface area (TPSA) is 56.2 Å². The first kappa shape index (κ1) is 9.15. The molecule has 0 bridgehead atoms. The van der Waals surface area contributed by atoms with E-state index in [0.29, 0.717) is 6.54 Å². The van der Waals surface area contributed by atoms with E-state index >= 15 is 0 Å². The number of fused-ring (bicyclic) bond motifs is 1. The maximum Gasteiger partial charge on any atom is 0.140 e. The minimum absolute atomic E-state index is 0.637. The normalized spacial score (nSPS) is 11.0. The minimum Gasteiger partial charge on any atom is -0.330 e. The zero-order chi connectivity index (χ0) is 9.97. The largest absolute Gasteiger partial charge is 0.330 e. The Morgan fingerprint density at radius 3 is 3.00 bits per heavy atom. The Labute approximate surface area is 82.8 Å². The van der Waals surface area contributed by atoms with E-state index in [1.54, 1.807) is 6.33 Å². The lowest BCUT2D eigenvalue weighted by atomic mass is 10.3. The molecule has 0 aliphatic rings. The molecule has 2 heterocycles. The molecule has 14 heavy (non-hydrogen) atoms. The summed E-state index contributed by atoms with van der Waals surface area (Å²) in [7, 11) is 0. The van der Waals surface area contributed by atoms with Crippen LogP contribution in [0.5, 0.6) is 0 Å². The molecule has 0 spiro atoms. The Morgan fingerprint density at radius 1 is 1.43 bits per heavy atom. The smallest absolute Gasteiger partial charge is 0.140 e. The number of imidazole rings is 1. The average Bonchev–Trinajstić information content (AvgIpc) is 2.59. The molecule has 0 aliphatic heterocycles. The fraction of sp³-hybridized carbons (Fsp3) is 0.400. The van der Waals surface area contributed by atoms with Crippen molar-refractivity contribution in [2.75, 3.05) is 6.54 Å².